The molecule has 1 N–H and O–H groups in total. The van der Waals surface area contributed by atoms with Gasteiger partial charge in [0.25, 0.3) is 0 Å². The summed E-state index contributed by atoms with van der Waals surface area (Å²) in [4.78, 5) is 4.09. The minimum atomic E-state index is 0.189. The summed E-state index contributed by atoms with van der Waals surface area (Å²) in [5.74, 6) is 0.958. The van der Waals surface area contributed by atoms with Crippen molar-refractivity contribution in [2.24, 2.45) is 0 Å². The van der Waals surface area contributed by atoms with Crippen molar-refractivity contribution < 1.29 is 4.74 Å². The molecule has 0 radical (unpaired) electrons. The first-order chi connectivity index (χ1) is 7.43. The van der Waals surface area contributed by atoms with E-state index in [9.17, 15) is 0 Å². The van der Waals surface area contributed by atoms with E-state index in [4.69, 9.17) is 4.74 Å². The van der Waals surface area contributed by atoms with E-state index in [2.05, 4.69) is 20.7 Å². The zero-order valence-corrected chi connectivity index (χ0v) is 8.70. The van der Waals surface area contributed by atoms with Crippen LogP contribution in [0, 0.1) is 0 Å². The van der Waals surface area contributed by atoms with Crippen molar-refractivity contribution in [3.63, 3.8) is 0 Å². The van der Waals surface area contributed by atoms with Crippen molar-refractivity contribution in [2.75, 3.05) is 11.9 Å². The molecule has 0 spiro atoms. The molecule has 15 heavy (non-hydrogen) atoms. The van der Waals surface area contributed by atoms with Gasteiger partial charge >= 0.3 is 0 Å². The van der Waals surface area contributed by atoms with Crippen molar-refractivity contribution in [2.45, 2.75) is 6.04 Å². The molecule has 5 heteroatoms. The molecule has 0 bridgehead atoms. The average molecular weight is 219 g/mol. The second-order valence-corrected chi connectivity index (χ2v) is 4.07. The molecule has 1 atom stereocenters. The molecule has 4 nitrogen and oxygen atoms in total. The first kappa shape index (κ1) is 8.67. The van der Waals surface area contributed by atoms with E-state index in [1.165, 1.54) is 17.1 Å². The number of anilines is 1. The Kier molecular flexibility index (Phi) is 2.03. The van der Waals surface area contributed by atoms with Crippen LogP contribution in [0.5, 0.6) is 5.75 Å². The molecule has 3 rings (SSSR count). The summed E-state index contributed by atoms with van der Waals surface area (Å²) in [6.45, 7) is 0.652. The fourth-order valence-electron chi connectivity index (χ4n) is 1.67. The molecule has 0 saturated heterocycles. The summed E-state index contributed by atoms with van der Waals surface area (Å²) in [7, 11) is 0. The highest BCUT2D eigenvalue weighted by Gasteiger charge is 2.23. The lowest BCUT2D eigenvalue weighted by atomic mass is 10.1. The van der Waals surface area contributed by atoms with Crippen LogP contribution in [-0.4, -0.2) is 16.0 Å². The normalized spacial score (nSPS) is 18.3. The summed E-state index contributed by atoms with van der Waals surface area (Å²) in [6.07, 6.45) is 1.55. The number of nitrogens with zero attached hydrogens (tertiary/aromatic N) is 2. The lowest BCUT2D eigenvalue weighted by Crippen LogP contribution is -2.11. The van der Waals surface area contributed by atoms with Gasteiger partial charge < -0.3 is 10.1 Å². The van der Waals surface area contributed by atoms with Gasteiger partial charge in [-0.1, -0.05) is 18.2 Å². The molecule has 1 aromatic carbocycles. The average Bonchev–Trinajstić information content (AvgIpc) is 2.89. The van der Waals surface area contributed by atoms with Gasteiger partial charge in [-0.25, -0.2) is 4.98 Å². The number of fused-ring (bicyclic) bond motifs is 1. The molecule has 0 amide bonds. The Morgan fingerprint density at radius 3 is 3.20 bits per heavy atom. The molecule has 2 aromatic rings. The predicted octanol–water partition coefficient (Wildman–Crippen LogP) is 2.08. The molecule has 1 unspecified atom stereocenters. The minimum absolute atomic E-state index is 0.189. The highest BCUT2D eigenvalue weighted by Crippen LogP contribution is 2.33. The lowest BCUT2D eigenvalue weighted by molar-refractivity contribution is 0.340. The van der Waals surface area contributed by atoms with Crippen molar-refractivity contribution in [1.29, 1.82) is 0 Å². The monoisotopic (exact) mass is 219 g/mol. The van der Waals surface area contributed by atoms with Crippen LogP contribution in [0.3, 0.4) is 0 Å². The lowest BCUT2D eigenvalue weighted by Gasteiger charge is -2.08. The number of aromatic nitrogens is 2. The quantitative estimate of drug-likeness (QED) is 0.840. The molecule has 1 aliphatic rings. The van der Waals surface area contributed by atoms with Gasteiger partial charge in [0, 0.05) is 17.1 Å². The maximum Gasteiger partial charge on any atom is 0.202 e. The van der Waals surface area contributed by atoms with Gasteiger partial charge in [-0.2, -0.15) is 4.37 Å². The molecule has 0 fully saturated rings. The van der Waals surface area contributed by atoms with Crippen molar-refractivity contribution >= 4 is 16.7 Å². The summed E-state index contributed by atoms with van der Waals surface area (Å²) in [5.41, 5.74) is 1.19. The van der Waals surface area contributed by atoms with E-state index in [-0.39, 0.29) is 6.04 Å². The molecule has 2 heterocycles. The summed E-state index contributed by atoms with van der Waals surface area (Å²) >= 11 is 1.36. The van der Waals surface area contributed by atoms with Crippen LogP contribution >= 0.6 is 11.5 Å². The first-order valence-electron chi connectivity index (χ1n) is 4.68. The largest absolute Gasteiger partial charge is 0.491 e. The Hall–Kier alpha value is -1.62. The molecular weight excluding hydrogens is 210 g/mol. The molecule has 76 valence electrons. The van der Waals surface area contributed by atoms with Gasteiger partial charge in [-0.3, -0.25) is 0 Å². The van der Waals surface area contributed by atoms with Gasteiger partial charge in [0.2, 0.25) is 5.13 Å². The van der Waals surface area contributed by atoms with Crippen molar-refractivity contribution in [1.82, 2.24) is 9.36 Å². The highest BCUT2D eigenvalue weighted by atomic mass is 32.1. The Morgan fingerprint density at radius 2 is 2.33 bits per heavy atom. The Labute approximate surface area is 91.1 Å². The van der Waals surface area contributed by atoms with Gasteiger partial charge in [0.05, 0.1) is 6.04 Å². The zero-order valence-electron chi connectivity index (χ0n) is 7.88. The molecule has 1 aliphatic heterocycles. The van der Waals surface area contributed by atoms with Crippen LogP contribution in [0.25, 0.3) is 0 Å². The number of benzene rings is 1. The maximum absolute atomic E-state index is 5.55. The zero-order chi connectivity index (χ0) is 10.1. The van der Waals surface area contributed by atoms with E-state index in [1.54, 1.807) is 6.33 Å². The third-order valence-corrected chi connectivity index (χ3v) is 2.95. The van der Waals surface area contributed by atoms with Crippen LogP contribution in [0.4, 0.5) is 5.13 Å². The van der Waals surface area contributed by atoms with Crippen LogP contribution in [0.2, 0.25) is 0 Å². The number of hydrogen-bond donors (Lipinski definition) is 1. The van der Waals surface area contributed by atoms with E-state index in [1.807, 2.05) is 18.2 Å². The third kappa shape index (κ3) is 1.55. The second-order valence-electron chi connectivity index (χ2n) is 3.29. The highest BCUT2D eigenvalue weighted by molar-refractivity contribution is 7.09. The van der Waals surface area contributed by atoms with Gasteiger partial charge in [0.1, 0.15) is 18.7 Å². The fraction of sp³-hybridized carbons (Fsp3) is 0.200. The van der Waals surface area contributed by atoms with Gasteiger partial charge in [-0.05, 0) is 6.07 Å². The van der Waals surface area contributed by atoms with E-state index < -0.39 is 0 Å². The maximum atomic E-state index is 5.55. The van der Waals surface area contributed by atoms with Crippen LogP contribution in [0.1, 0.15) is 11.6 Å². The third-order valence-electron chi connectivity index (χ3n) is 2.36. The van der Waals surface area contributed by atoms with E-state index in [0.29, 0.717) is 6.61 Å². The smallest absolute Gasteiger partial charge is 0.202 e. The molecule has 0 saturated carbocycles. The second kappa shape index (κ2) is 3.51. The molecular formula is C10H9N3OS. The van der Waals surface area contributed by atoms with Gasteiger partial charge in [-0.15, -0.1) is 0 Å². The SMILES string of the molecule is c1ccc2c(c1)OCC2Nc1ncns1. The van der Waals surface area contributed by atoms with Crippen molar-refractivity contribution in [3.05, 3.63) is 36.2 Å². The van der Waals surface area contributed by atoms with E-state index >= 15 is 0 Å². The Morgan fingerprint density at radius 1 is 1.40 bits per heavy atom. The summed E-state index contributed by atoms with van der Waals surface area (Å²) < 4.78 is 9.50. The topological polar surface area (TPSA) is 47.0 Å². The predicted molar refractivity (Wildman–Crippen MR) is 58.2 cm³/mol. The van der Waals surface area contributed by atoms with Crippen LogP contribution < -0.4 is 10.1 Å². The number of rotatable bonds is 2. The van der Waals surface area contributed by atoms with Crippen molar-refractivity contribution in [3.8, 4) is 5.75 Å². The number of ether oxygens (including phenoxy) is 1. The Bertz CT molecular complexity index is 457. The van der Waals surface area contributed by atoms with Gasteiger partial charge in [0.15, 0.2) is 0 Å². The number of hydrogen-bond acceptors (Lipinski definition) is 5. The molecule has 0 aliphatic carbocycles. The van der Waals surface area contributed by atoms with Crippen LogP contribution in [-0.2, 0) is 0 Å². The number of para-hydroxylation sites is 1. The Balaban J connectivity index is 1.85. The number of nitrogens with one attached hydrogen (secondary N) is 1. The minimum Gasteiger partial charge on any atom is -0.491 e. The standard InChI is InChI=1S/C10H9N3OS/c1-2-4-9-7(3-1)8(5-14-9)13-10-11-6-12-15-10/h1-4,6,8H,5H2,(H,11,12,13). The van der Waals surface area contributed by atoms with E-state index in [0.717, 1.165) is 10.9 Å². The fourth-order valence-corrected chi connectivity index (χ4v) is 2.15. The van der Waals surface area contributed by atoms with Crippen LogP contribution in [0.15, 0.2) is 30.6 Å². The summed E-state index contributed by atoms with van der Waals surface area (Å²) in [5, 5.41) is 4.13. The summed E-state index contributed by atoms with van der Waals surface area (Å²) in [6, 6.07) is 8.24. The molecule has 1 aromatic heterocycles. The first-order valence-corrected chi connectivity index (χ1v) is 5.46.